The van der Waals surface area contributed by atoms with Crippen LogP contribution in [-0.4, -0.2) is 55.0 Å². The molecule has 1 fully saturated rings. The zero-order valence-electron chi connectivity index (χ0n) is 7.79. The molecule has 1 saturated heterocycles. The molecule has 1 heterocycles. The fourth-order valence-electron chi connectivity index (χ4n) is 1.47. The monoisotopic (exact) mass is 171 g/mol. The van der Waals surface area contributed by atoms with Gasteiger partial charge in [-0.05, 0) is 6.54 Å². The van der Waals surface area contributed by atoms with Gasteiger partial charge >= 0.3 is 0 Å². The lowest BCUT2D eigenvalue weighted by atomic mass is 10.2. The summed E-state index contributed by atoms with van der Waals surface area (Å²) in [7, 11) is 1.83. The van der Waals surface area contributed by atoms with Crippen molar-refractivity contribution in [3.05, 3.63) is 0 Å². The maximum atomic E-state index is 11.4. The molecule has 0 aromatic rings. The predicted octanol–water partition coefficient (Wildman–Crippen LogP) is -0.892. The van der Waals surface area contributed by atoms with Crippen LogP contribution in [0.5, 0.6) is 0 Å². The summed E-state index contributed by atoms with van der Waals surface area (Å²) < 4.78 is 0. The first-order chi connectivity index (χ1) is 5.69. The second-order valence-corrected chi connectivity index (χ2v) is 3.22. The SMILES string of the molecule is CCN1CC(=O)N(C)C(CN)C1. The van der Waals surface area contributed by atoms with Crippen molar-refractivity contribution >= 4 is 5.91 Å². The lowest BCUT2D eigenvalue weighted by Crippen LogP contribution is -2.57. The highest BCUT2D eigenvalue weighted by Gasteiger charge is 2.27. The minimum absolute atomic E-state index is 0.179. The average Bonchev–Trinajstić information content (AvgIpc) is 2.09. The normalized spacial score (nSPS) is 26.4. The molecule has 0 aromatic heterocycles. The van der Waals surface area contributed by atoms with Crippen LogP contribution in [0.2, 0.25) is 0 Å². The van der Waals surface area contributed by atoms with E-state index in [9.17, 15) is 4.79 Å². The average molecular weight is 171 g/mol. The molecule has 2 N–H and O–H groups in total. The van der Waals surface area contributed by atoms with Crippen molar-refractivity contribution in [3.63, 3.8) is 0 Å². The topological polar surface area (TPSA) is 49.6 Å². The Morgan fingerprint density at radius 1 is 1.67 bits per heavy atom. The summed E-state index contributed by atoms with van der Waals surface area (Å²) in [5, 5.41) is 0. The lowest BCUT2D eigenvalue weighted by molar-refractivity contribution is -0.137. The van der Waals surface area contributed by atoms with Gasteiger partial charge in [-0.2, -0.15) is 0 Å². The first kappa shape index (κ1) is 9.48. The van der Waals surface area contributed by atoms with Crippen LogP contribution >= 0.6 is 0 Å². The first-order valence-electron chi connectivity index (χ1n) is 4.37. The molecule has 4 nitrogen and oxygen atoms in total. The highest BCUT2D eigenvalue weighted by atomic mass is 16.2. The molecule has 0 aromatic carbocycles. The molecular formula is C8H17N3O. The molecule has 1 unspecified atom stereocenters. The van der Waals surface area contributed by atoms with Gasteiger partial charge in [0, 0.05) is 20.1 Å². The number of nitrogens with zero attached hydrogens (tertiary/aromatic N) is 2. The van der Waals surface area contributed by atoms with E-state index in [1.165, 1.54) is 0 Å². The van der Waals surface area contributed by atoms with Gasteiger partial charge in [0.2, 0.25) is 5.91 Å². The van der Waals surface area contributed by atoms with Gasteiger partial charge in [-0.1, -0.05) is 6.92 Å². The number of hydrogen-bond donors (Lipinski definition) is 1. The van der Waals surface area contributed by atoms with E-state index in [1.54, 1.807) is 4.90 Å². The van der Waals surface area contributed by atoms with Gasteiger partial charge in [0.1, 0.15) is 0 Å². The Morgan fingerprint density at radius 2 is 2.33 bits per heavy atom. The Morgan fingerprint density at radius 3 is 2.83 bits per heavy atom. The number of nitrogens with two attached hydrogens (primary N) is 1. The van der Waals surface area contributed by atoms with E-state index in [-0.39, 0.29) is 11.9 Å². The highest BCUT2D eigenvalue weighted by molar-refractivity contribution is 5.79. The van der Waals surface area contributed by atoms with Crippen LogP contribution < -0.4 is 5.73 Å². The van der Waals surface area contributed by atoms with Crippen molar-refractivity contribution in [1.82, 2.24) is 9.80 Å². The van der Waals surface area contributed by atoms with Crippen molar-refractivity contribution < 1.29 is 4.79 Å². The summed E-state index contributed by atoms with van der Waals surface area (Å²) in [5.74, 6) is 0.179. The molecule has 70 valence electrons. The molecule has 12 heavy (non-hydrogen) atoms. The van der Waals surface area contributed by atoms with Gasteiger partial charge in [0.25, 0.3) is 0 Å². The Hall–Kier alpha value is -0.610. The predicted molar refractivity (Wildman–Crippen MR) is 47.7 cm³/mol. The van der Waals surface area contributed by atoms with Crippen molar-refractivity contribution in [1.29, 1.82) is 0 Å². The van der Waals surface area contributed by atoms with E-state index in [1.807, 2.05) is 7.05 Å². The van der Waals surface area contributed by atoms with E-state index in [2.05, 4.69) is 11.8 Å². The number of piperazine rings is 1. The zero-order chi connectivity index (χ0) is 9.14. The molecule has 4 heteroatoms. The smallest absolute Gasteiger partial charge is 0.236 e. The summed E-state index contributed by atoms with van der Waals surface area (Å²) in [4.78, 5) is 15.2. The maximum Gasteiger partial charge on any atom is 0.236 e. The number of hydrogen-bond acceptors (Lipinski definition) is 3. The summed E-state index contributed by atoms with van der Waals surface area (Å²) >= 11 is 0. The Kier molecular flexibility index (Phi) is 3.05. The van der Waals surface area contributed by atoms with Crippen LogP contribution in [0, 0.1) is 0 Å². The van der Waals surface area contributed by atoms with E-state index in [0.29, 0.717) is 13.1 Å². The third-order valence-corrected chi connectivity index (χ3v) is 2.49. The van der Waals surface area contributed by atoms with Crippen molar-refractivity contribution in [3.8, 4) is 0 Å². The van der Waals surface area contributed by atoms with Gasteiger partial charge in [0.05, 0.1) is 12.6 Å². The van der Waals surface area contributed by atoms with Gasteiger partial charge in [-0.15, -0.1) is 0 Å². The van der Waals surface area contributed by atoms with Crippen molar-refractivity contribution in [2.24, 2.45) is 5.73 Å². The third kappa shape index (κ3) is 1.76. The standard InChI is InChI=1S/C8H17N3O/c1-3-11-5-7(4-9)10(2)8(12)6-11/h7H,3-6,9H2,1-2H3. The molecule has 0 spiro atoms. The number of carbonyl (C=O) groups is 1. The molecule has 1 amide bonds. The Bertz CT molecular complexity index is 172. The largest absolute Gasteiger partial charge is 0.339 e. The van der Waals surface area contributed by atoms with Crippen LogP contribution in [0.3, 0.4) is 0 Å². The number of amides is 1. The zero-order valence-corrected chi connectivity index (χ0v) is 7.79. The first-order valence-corrected chi connectivity index (χ1v) is 4.37. The fourth-order valence-corrected chi connectivity index (χ4v) is 1.47. The van der Waals surface area contributed by atoms with Crippen molar-refractivity contribution in [2.75, 3.05) is 33.2 Å². The second kappa shape index (κ2) is 3.87. The molecule has 1 atom stereocenters. The van der Waals surface area contributed by atoms with Gasteiger partial charge in [-0.25, -0.2) is 0 Å². The Labute approximate surface area is 73.3 Å². The fraction of sp³-hybridized carbons (Fsp3) is 0.875. The van der Waals surface area contributed by atoms with Gasteiger partial charge in [-0.3, -0.25) is 9.69 Å². The molecule has 0 aliphatic carbocycles. The van der Waals surface area contributed by atoms with E-state index in [4.69, 9.17) is 5.73 Å². The molecule has 0 radical (unpaired) electrons. The van der Waals surface area contributed by atoms with Crippen LogP contribution in [0.4, 0.5) is 0 Å². The summed E-state index contributed by atoms with van der Waals surface area (Å²) in [6.07, 6.45) is 0. The van der Waals surface area contributed by atoms with Crippen LogP contribution in [0.15, 0.2) is 0 Å². The van der Waals surface area contributed by atoms with Crippen molar-refractivity contribution in [2.45, 2.75) is 13.0 Å². The van der Waals surface area contributed by atoms with E-state index in [0.717, 1.165) is 13.1 Å². The Balaban J connectivity index is 2.58. The van der Waals surface area contributed by atoms with E-state index >= 15 is 0 Å². The minimum Gasteiger partial charge on any atom is -0.339 e. The number of likely N-dealkylation sites (N-methyl/N-ethyl adjacent to an activating group) is 2. The van der Waals surface area contributed by atoms with Gasteiger partial charge in [0.15, 0.2) is 0 Å². The molecule has 1 rings (SSSR count). The quantitative estimate of drug-likeness (QED) is 0.586. The second-order valence-electron chi connectivity index (χ2n) is 3.22. The molecule has 1 aliphatic heterocycles. The molecular weight excluding hydrogens is 154 g/mol. The van der Waals surface area contributed by atoms with E-state index < -0.39 is 0 Å². The number of rotatable bonds is 2. The summed E-state index contributed by atoms with van der Waals surface area (Å²) in [5.41, 5.74) is 5.55. The molecule has 1 aliphatic rings. The highest BCUT2D eigenvalue weighted by Crippen LogP contribution is 2.06. The number of carbonyl (C=O) groups excluding carboxylic acids is 1. The summed E-state index contributed by atoms with van der Waals surface area (Å²) in [6, 6.07) is 0.200. The minimum atomic E-state index is 0.179. The van der Waals surface area contributed by atoms with Gasteiger partial charge < -0.3 is 10.6 Å². The van der Waals surface area contributed by atoms with Crippen LogP contribution in [-0.2, 0) is 4.79 Å². The molecule has 0 bridgehead atoms. The lowest BCUT2D eigenvalue weighted by Gasteiger charge is -2.37. The third-order valence-electron chi connectivity index (χ3n) is 2.49. The van der Waals surface area contributed by atoms with Crippen LogP contribution in [0.25, 0.3) is 0 Å². The summed E-state index contributed by atoms with van der Waals surface area (Å²) in [6.45, 7) is 5.00. The van der Waals surface area contributed by atoms with Crippen LogP contribution in [0.1, 0.15) is 6.92 Å². The molecule has 0 saturated carbocycles. The maximum absolute atomic E-state index is 11.4.